The van der Waals surface area contributed by atoms with Crippen LogP contribution in [0.25, 0.3) is 0 Å². The number of rotatable bonds is 6. The molecule has 0 aromatic rings. The molecule has 0 radical (unpaired) electrons. The fraction of sp³-hybridized carbons (Fsp3) is 0.905. The number of fused-ring (bicyclic) bond motifs is 1. The van der Waals surface area contributed by atoms with Crippen molar-refractivity contribution in [1.82, 2.24) is 0 Å². The summed E-state index contributed by atoms with van der Waals surface area (Å²) in [6.45, 7) is -0.264. The molecule has 1 saturated carbocycles. The van der Waals surface area contributed by atoms with E-state index in [2.05, 4.69) is 0 Å². The number of hydrogen-bond donors (Lipinski definition) is 10. The van der Waals surface area contributed by atoms with Gasteiger partial charge in [-0.2, -0.15) is 0 Å². The van der Waals surface area contributed by atoms with Crippen molar-refractivity contribution in [1.29, 1.82) is 0 Å². The van der Waals surface area contributed by atoms with Gasteiger partial charge in [-0.05, 0) is 13.0 Å². The van der Waals surface area contributed by atoms with Gasteiger partial charge in [-0.3, -0.25) is 0 Å². The van der Waals surface area contributed by atoms with E-state index in [-0.39, 0.29) is 0 Å². The van der Waals surface area contributed by atoms with E-state index in [1.807, 2.05) is 0 Å². The van der Waals surface area contributed by atoms with Gasteiger partial charge >= 0.3 is 0 Å². The second-order valence-corrected chi connectivity index (χ2v) is 9.65. The quantitative estimate of drug-likeness (QED) is 0.155. The molecule has 0 unspecified atom stereocenters. The SMILES string of the molecule is C[C@H]1O[C@@H](O[C@H]2[C@H]3C=CO[C@@H](O[C@H]4O[C@H](CO)[C@@H](O)[C@@H](O)[C@@H]4O)[C@@H]3[C@@](O)(CO)[C@H]2O)[C@H](O)[C@@H](O)[C@@H]1O. The first-order valence-electron chi connectivity index (χ1n) is 11.6. The van der Waals surface area contributed by atoms with E-state index >= 15 is 0 Å². The summed E-state index contributed by atoms with van der Waals surface area (Å²) in [5, 5.41) is 102. The van der Waals surface area contributed by atoms with Crippen LogP contribution in [-0.4, -0.2) is 150 Å². The minimum absolute atomic E-state index is 0.708. The maximum atomic E-state index is 11.2. The van der Waals surface area contributed by atoms with Crippen LogP contribution < -0.4 is 0 Å². The number of aliphatic hydroxyl groups is 10. The fourth-order valence-corrected chi connectivity index (χ4v) is 5.25. The first-order chi connectivity index (χ1) is 17.0. The van der Waals surface area contributed by atoms with Crippen molar-refractivity contribution in [3.63, 3.8) is 0 Å². The van der Waals surface area contributed by atoms with E-state index in [0.717, 1.165) is 6.26 Å². The molecule has 1 aliphatic carbocycles. The zero-order chi connectivity index (χ0) is 26.5. The van der Waals surface area contributed by atoms with Crippen LogP contribution in [0.5, 0.6) is 0 Å². The Morgan fingerprint density at radius 2 is 1.39 bits per heavy atom. The van der Waals surface area contributed by atoms with E-state index < -0.39 is 111 Å². The Bertz CT molecular complexity index is 782. The maximum Gasteiger partial charge on any atom is 0.208 e. The van der Waals surface area contributed by atoms with Gasteiger partial charge in [0, 0.05) is 5.92 Å². The highest BCUT2D eigenvalue weighted by atomic mass is 16.8. The van der Waals surface area contributed by atoms with Gasteiger partial charge in [-0.25, -0.2) is 0 Å². The van der Waals surface area contributed by atoms with E-state index in [0.29, 0.717) is 0 Å². The zero-order valence-electron chi connectivity index (χ0n) is 19.2. The molecule has 0 aromatic carbocycles. The van der Waals surface area contributed by atoms with Crippen LogP contribution in [-0.2, 0) is 23.7 Å². The first kappa shape index (κ1) is 28.0. The third kappa shape index (κ3) is 4.56. The summed E-state index contributed by atoms with van der Waals surface area (Å²) in [7, 11) is 0. The standard InChI is InChI=1S/C21H34O15/c1-6-10(24)12(26)14(28)19(33-6)35-16-7-2-3-32-18(9(7)21(31,5-23)17(16)30)36-20-15(29)13(27)11(25)8(4-22)34-20/h2-3,6-20,22-31H,4-5H2,1H3/t6-,7+,8-,9-,10-,11-,12+,13-,14-,15+,16+,17+,18+,19+,20-,21+/m1/s1. The highest BCUT2D eigenvalue weighted by molar-refractivity contribution is 5.17. The smallest absolute Gasteiger partial charge is 0.208 e. The fourth-order valence-electron chi connectivity index (χ4n) is 5.25. The normalized spacial score (nSPS) is 55.2. The van der Waals surface area contributed by atoms with E-state index in [9.17, 15) is 51.1 Å². The molecule has 208 valence electrons. The number of hydrogen-bond acceptors (Lipinski definition) is 15. The summed E-state index contributed by atoms with van der Waals surface area (Å²) >= 11 is 0. The second-order valence-electron chi connectivity index (χ2n) is 9.65. The third-order valence-corrected chi connectivity index (χ3v) is 7.47. The van der Waals surface area contributed by atoms with Gasteiger partial charge in [-0.1, -0.05) is 0 Å². The van der Waals surface area contributed by atoms with E-state index in [1.165, 1.54) is 13.0 Å². The van der Waals surface area contributed by atoms with Gasteiger partial charge < -0.3 is 74.7 Å². The highest BCUT2D eigenvalue weighted by Gasteiger charge is 2.65. The highest BCUT2D eigenvalue weighted by Crippen LogP contribution is 2.49. The van der Waals surface area contributed by atoms with Gasteiger partial charge in [0.1, 0.15) is 54.4 Å². The summed E-state index contributed by atoms with van der Waals surface area (Å²) in [6, 6.07) is 0. The summed E-state index contributed by atoms with van der Waals surface area (Å²) in [5.41, 5.74) is -2.30. The van der Waals surface area contributed by atoms with Crippen molar-refractivity contribution in [3.8, 4) is 0 Å². The van der Waals surface area contributed by atoms with Gasteiger partial charge in [-0.15, -0.1) is 0 Å². The molecular formula is C21H34O15. The molecule has 0 amide bonds. The molecule has 15 nitrogen and oxygen atoms in total. The van der Waals surface area contributed by atoms with Crippen molar-refractivity contribution in [2.24, 2.45) is 11.8 Å². The Morgan fingerprint density at radius 1 is 0.778 bits per heavy atom. The predicted octanol–water partition coefficient (Wildman–Crippen LogP) is -5.78. The predicted molar refractivity (Wildman–Crippen MR) is 111 cm³/mol. The molecule has 0 bridgehead atoms. The Morgan fingerprint density at radius 3 is 2.00 bits per heavy atom. The molecule has 15 heteroatoms. The number of aliphatic hydroxyl groups excluding tert-OH is 9. The Labute approximate surface area is 205 Å². The molecule has 36 heavy (non-hydrogen) atoms. The minimum Gasteiger partial charge on any atom is -0.472 e. The summed E-state index contributed by atoms with van der Waals surface area (Å²) < 4.78 is 27.6. The summed E-state index contributed by atoms with van der Waals surface area (Å²) in [4.78, 5) is 0. The largest absolute Gasteiger partial charge is 0.472 e. The van der Waals surface area contributed by atoms with Crippen molar-refractivity contribution >= 4 is 0 Å². The maximum absolute atomic E-state index is 11.2. The van der Waals surface area contributed by atoms with Crippen molar-refractivity contribution in [2.75, 3.05) is 13.2 Å². The molecule has 4 aliphatic rings. The zero-order valence-corrected chi connectivity index (χ0v) is 19.2. The first-order valence-corrected chi connectivity index (χ1v) is 11.6. The van der Waals surface area contributed by atoms with Crippen molar-refractivity contribution in [3.05, 3.63) is 12.3 Å². The summed E-state index contributed by atoms with van der Waals surface area (Å²) in [6.07, 6.45) is -17.3. The molecule has 0 spiro atoms. The lowest BCUT2D eigenvalue weighted by atomic mass is 9.83. The van der Waals surface area contributed by atoms with Gasteiger partial charge in [0.15, 0.2) is 12.6 Å². The Hall–Kier alpha value is -1.02. The van der Waals surface area contributed by atoms with E-state index in [1.54, 1.807) is 0 Å². The average molecular weight is 526 g/mol. The Kier molecular flexibility index (Phi) is 8.26. The van der Waals surface area contributed by atoms with Crippen LogP contribution in [0, 0.1) is 11.8 Å². The van der Waals surface area contributed by atoms with Crippen LogP contribution in [0.1, 0.15) is 6.92 Å². The van der Waals surface area contributed by atoms with E-state index in [4.69, 9.17) is 23.7 Å². The van der Waals surface area contributed by atoms with Crippen LogP contribution in [0.3, 0.4) is 0 Å². The van der Waals surface area contributed by atoms with Crippen LogP contribution in [0.15, 0.2) is 12.3 Å². The van der Waals surface area contributed by atoms with Crippen LogP contribution in [0.4, 0.5) is 0 Å². The van der Waals surface area contributed by atoms with Gasteiger partial charge in [0.05, 0.1) is 37.6 Å². The Balaban J connectivity index is 1.56. The second kappa shape index (κ2) is 10.6. The molecule has 3 heterocycles. The minimum atomic E-state index is -2.30. The molecule has 0 aromatic heterocycles. The molecule has 3 aliphatic heterocycles. The number of ether oxygens (including phenoxy) is 5. The monoisotopic (exact) mass is 526 g/mol. The van der Waals surface area contributed by atoms with Crippen molar-refractivity contribution < 1.29 is 74.7 Å². The van der Waals surface area contributed by atoms with Crippen LogP contribution in [0.2, 0.25) is 0 Å². The van der Waals surface area contributed by atoms with Gasteiger partial charge in [0.25, 0.3) is 0 Å². The van der Waals surface area contributed by atoms with Gasteiger partial charge in [0.2, 0.25) is 6.29 Å². The molecule has 2 saturated heterocycles. The molecular weight excluding hydrogens is 492 g/mol. The lowest BCUT2D eigenvalue weighted by molar-refractivity contribution is -0.348. The molecule has 10 N–H and O–H groups in total. The average Bonchev–Trinajstić information content (AvgIpc) is 3.09. The molecule has 16 atom stereocenters. The lowest BCUT2D eigenvalue weighted by Gasteiger charge is -2.44. The lowest BCUT2D eigenvalue weighted by Crippen LogP contribution is -2.61. The molecule has 3 fully saturated rings. The van der Waals surface area contributed by atoms with Crippen LogP contribution >= 0.6 is 0 Å². The summed E-state index contributed by atoms with van der Waals surface area (Å²) in [5.74, 6) is -2.19. The molecule has 4 rings (SSSR count). The van der Waals surface area contributed by atoms with Crippen molar-refractivity contribution in [2.45, 2.75) is 92.4 Å². The third-order valence-electron chi connectivity index (χ3n) is 7.47. The topological polar surface area (TPSA) is 248 Å².